The molecule has 13 heavy (non-hydrogen) atoms. The second-order valence-corrected chi connectivity index (χ2v) is 3.45. The first-order chi connectivity index (χ1) is 6.20. The SMILES string of the molecule is CC(C)c1nccc2c1COC2=O. The van der Waals surface area contributed by atoms with Crippen molar-refractivity contribution in [3.63, 3.8) is 0 Å². The van der Waals surface area contributed by atoms with Crippen molar-refractivity contribution in [3.8, 4) is 0 Å². The van der Waals surface area contributed by atoms with Gasteiger partial charge in [-0.3, -0.25) is 4.98 Å². The maximum atomic E-state index is 11.2. The third-order valence-electron chi connectivity index (χ3n) is 2.20. The lowest BCUT2D eigenvalue weighted by Crippen LogP contribution is -2.00. The summed E-state index contributed by atoms with van der Waals surface area (Å²) in [6.45, 7) is 4.51. The van der Waals surface area contributed by atoms with Crippen LogP contribution in [0.15, 0.2) is 12.3 Å². The Kier molecular flexibility index (Phi) is 1.79. The van der Waals surface area contributed by atoms with Crippen LogP contribution in [0.5, 0.6) is 0 Å². The molecule has 0 aromatic carbocycles. The Morgan fingerprint density at radius 3 is 3.00 bits per heavy atom. The molecule has 1 aliphatic heterocycles. The number of pyridine rings is 1. The Bertz CT molecular complexity index is 358. The van der Waals surface area contributed by atoms with Crippen LogP contribution in [-0.2, 0) is 11.3 Å². The van der Waals surface area contributed by atoms with Gasteiger partial charge in [0.2, 0.25) is 0 Å². The molecule has 0 saturated heterocycles. The number of carbonyl (C=O) groups excluding carboxylic acids is 1. The van der Waals surface area contributed by atoms with Crippen LogP contribution in [0.3, 0.4) is 0 Å². The van der Waals surface area contributed by atoms with Crippen molar-refractivity contribution in [2.45, 2.75) is 26.4 Å². The van der Waals surface area contributed by atoms with Crippen LogP contribution in [0.4, 0.5) is 0 Å². The minimum atomic E-state index is -0.223. The molecule has 0 unspecified atom stereocenters. The number of rotatable bonds is 1. The second kappa shape index (κ2) is 2.83. The van der Waals surface area contributed by atoms with Crippen molar-refractivity contribution >= 4 is 5.97 Å². The summed E-state index contributed by atoms with van der Waals surface area (Å²) in [4.78, 5) is 15.4. The maximum absolute atomic E-state index is 11.2. The summed E-state index contributed by atoms with van der Waals surface area (Å²) < 4.78 is 4.94. The summed E-state index contributed by atoms with van der Waals surface area (Å²) in [6.07, 6.45) is 1.67. The summed E-state index contributed by atoms with van der Waals surface area (Å²) in [6, 6.07) is 1.72. The third kappa shape index (κ3) is 1.20. The molecule has 1 aromatic heterocycles. The molecule has 0 radical (unpaired) electrons. The van der Waals surface area contributed by atoms with E-state index in [0.29, 0.717) is 18.1 Å². The van der Waals surface area contributed by atoms with E-state index in [1.165, 1.54) is 0 Å². The van der Waals surface area contributed by atoms with Crippen molar-refractivity contribution in [3.05, 3.63) is 29.1 Å². The van der Waals surface area contributed by atoms with Crippen molar-refractivity contribution in [1.29, 1.82) is 0 Å². The van der Waals surface area contributed by atoms with E-state index in [1.807, 2.05) is 0 Å². The molecule has 0 aliphatic carbocycles. The number of cyclic esters (lactones) is 1. The molecule has 2 rings (SSSR count). The van der Waals surface area contributed by atoms with Gasteiger partial charge in [-0.25, -0.2) is 4.79 Å². The highest BCUT2D eigenvalue weighted by atomic mass is 16.5. The van der Waals surface area contributed by atoms with E-state index in [9.17, 15) is 4.79 Å². The fourth-order valence-electron chi connectivity index (χ4n) is 1.56. The summed E-state index contributed by atoms with van der Waals surface area (Å²) in [5.41, 5.74) is 2.62. The van der Waals surface area contributed by atoms with Gasteiger partial charge in [0.15, 0.2) is 0 Å². The molecule has 68 valence electrons. The number of nitrogens with zero attached hydrogens (tertiary/aromatic N) is 1. The highest BCUT2D eigenvalue weighted by Gasteiger charge is 2.24. The maximum Gasteiger partial charge on any atom is 0.338 e. The number of carbonyl (C=O) groups is 1. The number of fused-ring (bicyclic) bond motifs is 1. The van der Waals surface area contributed by atoms with Crippen LogP contribution in [-0.4, -0.2) is 11.0 Å². The van der Waals surface area contributed by atoms with E-state index in [-0.39, 0.29) is 5.97 Å². The van der Waals surface area contributed by atoms with Gasteiger partial charge in [-0.05, 0) is 12.0 Å². The molecule has 3 heteroatoms. The van der Waals surface area contributed by atoms with Crippen molar-refractivity contribution in [2.75, 3.05) is 0 Å². The van der Waals surface area contributed by atoms with Crippen LogP contribution in [0, 0.1) is 0 Å². The van der Waals surface area contributed by atoms with E-state index in [1.54, 1.807) is 12.3 Å². The summed E-state index contributed by atoms with van der Waals surface area (Å²) in [7, 11) is 0. The molecule has 3 nitrogen and oxygen atoms in total. The minimum Gasteiger partial charge on any atom is -0.457 e. The second-order valence-electron chi connectivity index (χ2n) is 3.45. The van der Waals surface area contributed by atoms with E-state index >= 15 is 0 Å². The highest BCUT2D eigenvalue weighted by molar-refractivity contribution is 5.93. The summed E-state index contributed by atoms with van der Waals surface area (Å²) in [5, 5.41) is 0. The Morgan fingerprint density at radius 1 is 1.54 bits per heavy atom. The Morgan fingerprint density at radius 2 is 2.31 bits per heavy atom. The lowest BCUT2D eigenvalue weighted by Gasteiger charge is -2.06. The van der Waals surface area contributed by atoms with E-state index in [0.717, 1.165) is 11.3 Å². The number of aromatic nitrogens is 1. The van der Waals surface area contributed by atoms with Gasteiger partial charge in [0, 0.05) is 11.8 Å². The zero-order chi connectivity index (χ0) is 9.42. The average Bonchev–Trinajstić information content (AvgIpc) is 2.48. The van der Waals surface area contributed by atoms with Crippen LogP contribution in [0.2, 0.25) is 0 Å². The van der Waals surface area contributed by atoms with Gasteiger partial charge in [0.05, 0.1) is 11.3 Å². The quantitative estimate of drug-likeness (QED) is 0.615. The monoisotopic (exact) mass is 177 g/mol. The fraction of sp³-hybridized carbons (Fsp3) is 0.400. The van der Waals surface area contributed by atoms with Crippen molar-refractivity contribution < 1.29 is 9.53 Å². The largest absolute Gasteiger partial charge is 0.457 e. The zero-order valence-corrected chi connectivity index (χ0v) is 7.70. The Balaban J connectivity index is 2.57. The van der Waals surface area contributed by atoms with Gasteiger partial charge in [-0.2, -0.15) is 0 Å². The number of hydrogen-bond acceptors (Lipinski definition) is 3. The van der Waals surface area contributed by atoms with E-state index in [2.05, 4.69) is 18.8 Å². The lowest BCUT2D eigenvalue weighted by atomic mass is 10.0. The molecule has 2 heterocycles. The van der Waals surface area contributed by atoms with Gasteiger partial charge in [0.1, 0.15) is 6.61 Å². The van der Waals surface area contributed by atoms with Gasteiger partial charge in [0.25, 0.3) is 0 Å². The van der Waals surface area contributed by atoms with Gasteiger partial charge < -0.3 is 4.74 Å². The number of esters is 1. The van der Waals surface area contributed by atoms with Gasteiger partial charge in [-0.1, -0.05) is 13.8 Å². The van der Waals surface area contributed by atoms with Crippen molar-refractivity contribution in [1.82, 2.24) is 4.98 Å². The smallest absolute Gasteiger partial charge is 0.338 e. The molecule has 0 spiro atoms. The predicted octanol–water partition coefficient (Wildman–Crippen LogP) is 1.88. The van der Waals surface area contributed by atoms with Gasteiger partial charge >= 0.3 is 5.97 Å². The first kappa shape index (κ1) is 8.23. The van der Waals surface area contributed by atoms with E-state index in [4.69, 9.17) is 4.74 Å². The minimum absolute atomic E-state index is 0.223. The first-order valence-corrected chi connectivity index (χ1v) is 4.35. The van der Waals surface area contributed by atoms with E-state index < -0.39 is 0 Å². The predicted molar refractivity (Wildman–Crippen MR) is 47.4 cm³/mol. The third-order valence-corrected chi connectivity index (χ3v) is 2.20. The standard InChI is InChI=1S/C10H11NO2/c1-6(2)9-8-5-13-10(12)7(8)3-4-11-9/h3-4,6H,5H2,1-2H3. The molecular formula is C10H11NO2. The zero-order valence-electron chi connectivity index (χ0n) is 7.70. The summed E-state index contributed by atoms with van der Waals surface area (Å²) >= 11 is 0. The topological polar surface area (TPSA) is 39.2 Å². The van der Waals surface area contributed by atoms with Crippen molar-refractivity contribution in [2.24, 2.45) is 0 Å². The molecule has 0 saturated carbocycles. The van der Waals surface area contributed by atoms with Crippen LogP contribution < -0.4 is 0 Å². The molecule has 0 fully saturated rings. The van der Waals surface area contributed by atoms with Crippen LogP contribution >= 0.6 is 0 Å². The summed E-state index contributed by atoms with van der Waals surface area (Å²) in [5.74, 6) is 0.115. The van der Waals surface area contributed by atoms with Gasteiger partial charge in [-0.15, -0.1) is 0 Å². The first-order valence-electron chi connectivity index (χ1n) is 4.35. The number of hydrogen-bond donors (Lipinski definition) is 0. The normalized spacial score (nSPS) is 14.5. The fourth-order valence-corrected chi connectivity index (χ4v) is 1.56. The lowest BCUT2D eigenvalue weighted by molar-refractivity contribution is 0.0534. The highest BCUT2D eigenvalue weighted by Crippen LogP contribution is 2.26. The molecule has 0 N–H and O–H groups in total. The Hall–Kier alpha value is -1.38. The van der Waals surface area contributed by atoms with Crippen LogP contribution in [0.1, 0.15) is 41.4 Å². The molecule has 0 amide bonds. The molecule has 1 aromatic rings. The molecule has 0 bridgehead atoms. The average molecular weight is 177 g/mol. The Labute approximate surface area is 76.7 Å². The molecule has 1 aliphatic rings. The molecular weight excluding hydrogens is 166 g/mol. The van der Waals surface area contributed by atoms with Crippen LogP contribution in [0.25, 0.3) is 0 Å². The molecule has 0 atom stereocenters. The number of ether oxygens (including phenoxy) is 1.